The number of rotatable bonds is 4. The number of amides is 1. The van der Waals surface area contributed by atoms with E-state index in [0.717, 1.165) is 43.7 Å². The van der Waals surface area contributed by atoms with E-state index >= 15 is 0 Å². The third-order valence-corrected chi connectivity index (χ3v) is 5.34. The van der Waals surface area contributed by atoms with Crippen LogP contribution in [-0.4, -0.2) is 33.9 Å². The molecule has 142 valence electrons. The van der Waals surface area contributed by atoms with Crippen LogP contribution in [0.25, 0.3) is 0 Å². The minimum absolute atomic E-state index is 0.0873. The highest BCUT2D eigenvalue weighted by molar-refractivity contribution is 5.94. The Balaban J connectivity index is 1.52. The molecular weight excluding hydrogens is 346 g/mol. The summed E-state index contributed by atoms with van der Waals surface area (Å²) < 4.78 is 0. The van der Waals surface area contributed by atoms with Crippen LogP contribution < -0.4 is 0 Å². The molecule has 1 aromatic carbocycles. The van der Waals surface area contributed by atoms with Gasteiger partial charge in [0, 0.05) is 48.4 Å². The first-order valence-electron chi connectivity index (χ1n) is 9.90. The number of carbonyl (C=O) groups excluding carboxylic acids is 1. The Bertz CT molecular complexity index is 941. The predicted molar refractivity (Wildman–Crippen MR) is 110 cm³/mol. The van der Waals surface area contributed by atoms with Crippen LogP contribution in [0.2, 0.25) is 0 Å². The van der Waals surface area contributed by atoms with Gasteiger partial charge in [0.25, 0.3) is 5.91 Å². The van der Waals surface area contributed by atoms with E-state index < -0.39 is 0 Å². The fourth-order valence-corrected chi connectivity index (χ4v) is 3.99. The van der Waals surface area contributed by atoms with Crippen LogP contribution in [0.1, 0.15) is 51.6 Å². The number of hydrogen-bond acceptors (Lipinski definition) is 3. The van der Waals surface area contributed by atoms with E-state index in [2.05, 4.69) is 48.3 Å². The summed E-state index contributed by atoms with van der Waals surface area (Å²) in [6.45, 7) is 3.59. The molecule has 0 saturated carbocycles. The highest BCUT2D eigenvalue weighted by Gasteiger charge is 2.26. The molecule has 1 aliphatic heterocycles. The average molecular weight is 371 g/mol. The lowest BCUT2D eigenvalue weighted by atomic mass is 9.92. The van der Waals surface area contributed by atoms with E-state index in [0.29, 0.717) is 5.56 Å². The Morgan fingerprint density at radius 3 is 2.64 bits per heavy atom. The average Bonchev–Trinajstić information content (AvgIpc) is 2.74. The zero-order valence-corrected chi connectivity index (χ0v) is 16.2. The second kappa shape index (κ2) is 8.34. The number of aromatic nitrogens is 2. The van der Waals surface area contributed by atoms with E-state index in [9.17, 15) is 4.79 Å². The Hall–Kier alpha value is -3.01. The van der Waals surface area contributed by atoms with Gasteiger partial charge in [-0.1, -0.05) is 30.3 Å². The summed E-state index contributed by atoms with van der Waals surface area (Å²) in [5.41, 5.74) is 5.44. The molecule has 1 amide bonds. The summed E-state index contributed by atoms with van der Waals surface area (Å²) in [6, 6.07) is 18.5. The maximum atomic E-state index is 12.8. The standard InChI is InChI=1S/C24H25N3O/c1-18-14-20(15-19-6-3-2-4-7-19)16-23(26-18)22-8-5-13-27(17-22)24(28)21-9-11-25-12-10-21/h2-4,6-7,9-12,14,16,22H,5,8,13,15,17H2,1H3/t22-/m1/s1. The normalized spacial score (nSPS) is 16.8. The Morgan fingerprint density at radius 2 is 1.86 bits per heavy atom. The van der Waals surface area contributed by atoms with Crippen molar-refractivity contribution in [3.8, 4) is 0 Å². The van der Waals surface area contributed by atoms with Crippen LogP contribution in [0.3, 0.4) is 0 Å². The molecule has 0 aliphatic carbocycles. The number of nitrogens with zero attached hydrogens (tertiary/aromatic N) is 3. The number of piperidine rings is 1. The second-order valence-electron chi connectivity index (χ2n) is 7.53. The van der Waals surface area contributed by atoms with Crippen molar-refractivity contribution in [3.05, 3.63) is 95.1 Å². The molecule has 4 heteroatoms. The van der Waals surface area contributed by atoms with Crippen molar-refractivity contribution in [2.75, 3.05) is 13.1 Å². The van der Waals surface area contributed by atoms with E-state index in [-0.39, 0.29) is 11.8 Å². The minimum atomic E-state index is 0.0873. The first-order valence-corrected chi connectivity index (χ1v) is 9.90. The van der Waals surface area contributed by atoms with E-state index in [1.54, 1.807) is 24.5 Å². The summed E-state index contributed by atoms with van der Waals surface area (Å²) >= 11 is 0. The van der Waals surface area contributed by atoms with Crippen molar-refractivity contribution in [2.45, 2.75) is 32.1 Å². The van der Waals surface area contributed by atoms with E-state index in [1.165, 1.54) is 11.1 Å². The van der Waals surface area contributed by atoms with Gasteiger partial charge in [-0.15, -0.1) is 0 Å². The van der Waals surface area contributed by atoms with Crippen molar-refractivity contribution in [3.63, 3.8) is 0 Å². The Labute approximate surface area is 166 Å². The molecule has 1 saturated heterocycles. The van der Waals surface area contributed by atoms with Crippen molar-refractivity contribution in [1.29, 1.82) is 0 Å². The molecule has 1 atom stereocenters. The Morgan fingerprint density at radius 1 is 1.07 bits per heavy atom. The molecule has 4 rings (SSSR count). The maximum absolute atomic E-state index is 12.8. The van der Waals surface area contributed by atoms with Gasteiger partial charge in [0.1, 0.15) is 0 Å². The molecule has 3 aromatic rings. The number of hydrogen-bond donors (Lipinski definition) is 0. The van der Waals surface area contributed by atoms with Crippen LogP contribution in [0.5, 0.6) is 0 Å². The molecule has 0 N–H and O–H groups in total. The molecule has 1 fully saturated rings. The molecule has 4 nitrogen and oxygen atoms in total. The smallest absolute Gasteiger partial charge is 0.253 e. The lowest BCUT2D eigenvalue weighted by Crippen LogP contribution is -2.39. The van der Waals surface area contributed by atoms with Crippen LogP contribution in [0, 0.1) is 6.92 Å². The van der Waals surface area contributed by atoms with Crippen LogP contribution >= 0.6 is 0 Å². The van der Waals surface area contributed by atoms with Crippen LogP contribution in [0.4, 0.5) is 0 Å². The highest BCUT2D eigenvalue weighted by Crippen LogP contribution is 2.28. The topological polar surface area (TPSA) is 46.1 Å². The zero-order chi connectivity index (χ0) is 19.3. The summed E-state index contributed by atoms with van der Waals surface area (Å²) in [5, 5.41) is 0. The third kappa shape index (κ3) is 4.28. The predicted octanol–water partition coefficient (Wildman–Crippen LogP) is 4.40. The lowest BCUT2D eigenvalue weighted by Gasteiger charge is -2.33. The molecule has 0 unspecified atom stereocenters. The van der Waals surface area contributed by atoms with Crippen LogP contribution in [0.15, 0.2) is 67.0 Å². The zero-order valence-electron chi connectivity index (χ0n) is 16.2. The number of aryl methyl sites for hydroxylation is 1. The second-order valence-corrected chi connectivity index (χ2v) is 7.53. The minimum Gasteiger partial charge on any atom is -0.338 e. The number of carbonyl (C=O) groups is 1. The summed E-state index contributed by atoms with van der Waals surface area (Å²) in [5.74, 6) is 0.373. The summed E-state index contributed by atoms with van der Waals surface area (Å²) in [6.07, 6.45) is 6.33. The highest BCUT2D eigenvalue weighted by atomic mass is 16.2. The Kier molecular flexibility index (Phi) is 5.47. The fraction of sp³-hybridized carbons (Fsp3) is 0.292. The molecule has 2 aromatic heterocycles. The molecule has 0 radical (unpaired) electrons. The van der Waals surface area contributed by atoms with Gasteiger partial charge in [0.2, 0.25) is 0 Å². The van der Waals surface area contributed by atoms with Gasteiger partial charge in [0.15, 0.2) is 0 Å². The van der Waals surface area contributed by atoms with Gasteiger partial charge < -0.3 is 4.90 Å². The SMILES string of the molecule is Cc1cc(Cc2ccccc2)cc([C@@H]2CCCN(C(=O)c3ccncc3)C2)n1. The number of benzene rings is 1. The van der Waals surface area contributed by atoms with Gasteiger partial charge in [-0.3, -0.25) is 14.8 Å². The molecule has 0 bridgehead atoms. The van der Waals surface area contributed by atoms with Crippen molar-refractivity contribution >= 4 is 5.91 Å². The molecule has 28 heavy (non-hydrogen) atoms. The summed E-state index contributed by atoms with van der Waals surface area (Å²) in [7, 11) is 0. The first kappa shape index (κ1) is 18.4. The van der Waals surface area contributed by atoms with Crippen molar-refractivity contribution < 1.29 is 4.79 Å². The lowest BCUT2D eigenvalue weighted by molar-refractivity contribution is 0.0705. The molecule has 1 aliphatic rings. The van der Waals surface area contributed by atoms with Crippen LogP contribution in [-0.2, 0) is 6.42 Å². The van der Waals surface area contributed by atoms with Gasteiger partial charge in [-0.05, 0) is 61.6 Å². The largest absolute Gasteiger partial charge is 0.338 e. The summed E-state index contributed by atoms with van der Waals surface area (Å²) in [4.78, 5) is 23.6. The van der Waals surface area contributed by atoms with E-state index in [1.807, 2.05) is 11.0 Å². The van der Waals surface area contributed by atoms with E-state index in [4.69, 9.17) is 4.98 Å². The molecule has 3 heterocycles. The van der Waals surface area contributed by atoms with Crippen molar-refractivity contribution in [2.24, 2.45) is 0 Å². The quantitative estimate of drug-likeness (QED) is 0.683. The van der Waals surface area contributed by atoms with Gasteiger partial charge >= 0.3 is 0 Å². The fourth-order valence-electron chi connectivity index (χ4n) is 3.99. The molecular formula is C24H25N3O. The third-order valence-electron chi connectivity index (χ3n) is 5.34. The van der Waals surface area contributed by atoms with Crippen molar-refractivity contribution in [1.82, 2.24) is 14.9 Å². The van der Waals surface area contributed by atoms with Gasteiger partial charge in [0.05, 0.1) is 0 Å². The van der Waals surface area contributed by atoms with Gasteiger partial charge in [-0.25, -0.2) is 0 Å². The number of likely N-dealkylation sites (tertiary alicyclic amines) is 1. The molecule has 0 spiro atoms. The number of pyridine rings is 2. The monoisotopic (exact) mass is 371 g/mol. The maximum Gasteiger partial charge on any atom is 0.253 e. The first-order chi connectivity index (χ1) is 13.7. The van der Waals surface area contributed by atoms with Gasteiger partial charge in [-0.2, -0.15) is 0 Å².